The SMILES string of the molecule is COc1ccc(C2OCCCC2CNC(C)C)cn1. The van der Waals surface area contributed by atoms with E-state index >= 15 is 0 Å². The molecule has 2 heterocycles. The van der Waals surface area contributed by atoms with E-state index < -0.39 is 0 Å². The lowest BCUT2D eigenvalue weighted by atomic mass is 9.90. The molecule has 0 bridgehead atoms. The van der Waals surface area contributed by atoms with Crippen molar-refractivity contribution in [2.24, 2.45) is 5.92 Å². The summed E-state index contributed by atoms with van der Waals surface area (Å²) in [6.45, 7) is 6.19. The van der Waals surface area contributed by atoms with Gasteiger partial charge in [0.05, 0.1) is 13.2 Å². The van der Waals surface area contributed by atoms with Gasteiger partial charge in [0.15, 0.2) is 0 Å². The van der Waals surface area contributed by atoms with Gasteiger partial charge in [0, 0.05) is 37.4 Å². The molecule has 106 valence electrons. The van der Waals surface area contributed by atoms with E-state index in [1.54, 1.807) is 7.11 Å². The van der Waals surface area contributed by atoms with Gasteiger partial charge in [-0.3, -0.25) is 0 Å². The number of nitrogens with one attached hydrogen (secondary N) is 1. The summed E-state index contributed by atoms with van der Waals surface area (Å²) in [5, 5.41) is 3.51. The highest BCUT2D eigenvalue weighted by atomic mass is 16.5. The van der Waals surface area contributed by atoms with Crippen LogP contribution in [0.1, 0.15) is 38.4 Å². The Morgan fingerprint density at radius 2 is 2.32 bits per heavy atom. The zero-order chi connectivity index (χ0) is 13.7. The summed E-state index contributed by atoms with van der Waals surface area (Å²) in [4.78, 5) is 4.28. The van der Waals surface area contributed by atoms with Crippen LogP contribution in [0.25, 0.3) is 0 Å². The van der Waals surface area contributed by atoms with E-state index in [1.165, 1.54) is 6.42 Å². The molecule has 4 heteroatoms. The molecule has 0 amide bonds. The lowest BCUT2D eigenvalue weighted by Gasteiger charge is -2.32. The number of hydrogen-bond acceptors (Lipinski definition) is 4. The molecule has 2 atom stereocenters. The Kier molecular flexibility index (Phi) is 5.16. The highest BCUT2D eigenvalue weighted by Gasteiger charge is 2.27. The van der Waals surface area contributed by atoms with Crippen LogP contribution in [0.5, 0.6) is 5.88 Å². The van der Waals surface area contributed by atoms with E-state index in [0.717, 1.165) is 25.1 Å². The Hall–Kier alpha value is -1.13. The predicted octanol–water partition coefficient (Wildman–Crippen LogP) is 2.56. The third-order valence-electron chi connectivity index (χ3n) is 3.53. The van der Waals surface area contributed by atoms with Gasteiger partial charge in [-0.05, 0) is 24.5 Å². The average molecular weight is 264 g/mol. The van der Waals surface area contributed by atoms with Crippen molar-refractivity contribution in [2.45, 2.75) is 38.8 Å². The second-order valence-electron chi connectivity index (χ2n) is 5.39. The highest BCUT2D eigenvalue weighted by Crippen LogP contribution is 2.33. The largest absolute Gasteiger partial charge is 0.481 e. The minimum Gasteiger partial charge on any atom is -0.481 e. The fourth-order valence-electron chi connectivity index (χ4n) is 2.49. The van der Waals surface area contributed by atoms with Gasteiger partial charge in [-0.1, -0.05) is 13.8 Å². The molecule has 0 aromatic carbocycles. The van der Waals surface area contributed by atoms with Crippen molar-refractivity contribution in [3.8, 4) is 5.88 Å². The van der Waals surface area contributed by atoms with Crippen LogP contribution >= 0.6 is 0 Å². The maximum atomic E-state index is 5.96. The number of ether oxygens (including phenoxy) is 2. The maximum Gasteiger partial charge on any atom is 0.212 e. The highest BCUT2D eigenvalue weighted by molar-refractivity contribution is 5.20. The molecule has 1 aromatic heterocycles. The van der Waals surface area contributed by atoms with E-state index in [9.17, 15) is 0 Å². The Morgan fingerprint density at radius 3 is 2.95 bits per heavy atom. The van der Waals surface area contributed by atoms with Crippen LogP contribution in [0.3, 0.4) is 0 Å². The fraction of sp³-hybridized carbons (Fsp3) is 0.667. The number of rotatable bonds is 5. The van der Waals surface area contributed by atoms with Crippen molar-refractivity contribution in [1.29, 1.82) is 0 Å². The summed E-state index contributed by atoms with van der Waals surface area (Å²) < 4.78 is 11.1. The molecule has 0 aliphatic carbocycles. The van der Waals surface area contributed by atoms with Gasteiger partial charge >= 0.3 is 0 Å². The number of hydrogen-bond donors (Lipinski definition) is 1. The lowest BCUT2D eigenvalue weighted by molar-refractivity contribution is -0.0284. The maximum absolute atomic E-state index is 5.96. The molecule has 1 aromatic rings. The van der Waals surface area contributed by atoms with Gasteiger partial charge in [0.2, 0.25) is 5.88 Å². The van der Waals surface area contributed by atoms with Crippen LogP contribution < -0.4 is 10.1 Å². The number of methoxy groups -OCH3 is 1. The first-order chi connectivity index (χ1) is 9.20. The van der Waals surface area contributed by atoms with Crippen molar-refractivity contribution in [3.05, 3.63) is 23.9 Å². The van der Waals surface area contributed by atoms with E-state index in [4.69, 9.17) is 9.47 Å². The standard InChI is InChI=1S/C15H24N2O2/c1-11(2)16-9-12-5-4-8-19-15(12)13-6-7-14(18-3)17-10-13/h6-7,10-12,15-16H,4-5,8-9H2,1-3H3. The Labute approximate surface area is 115 Å². The molecule has 4 nitrogen and oxygen atoms in total. The minimum atomic E-state index is 0.151. The molecule has 19 heavy (non-hydrogen) atoms. The topological polar surface area (TPSA) is 43.4 Å². The third kappa shape index (κ3) is 3.91. The van der Waals surface area contributed by atoms with Gasteiger partial charge < -0.3 is 14.8 Å². The fourth-order valence-corrected chi connectivity index (χ4v) is 2.49. The van der Waals surface area contributed by atoms with Crippen LogP contribution in [0, 0.1) is 5.92 Å². The average Bonchev–Trinajstić information content (AvgIpc) is 2.45. The summed E-state index contributed by atoms with van der Waals surface area (Å²) in [5.41, 5.74) is 1.15. The van der Waals surface area contributed by atoms with Crippen LogP contribution in [0.2, 0.25) is 0 Å². The number of aromatic nitrogens is 1. The zero-order valence-corrected chi connectivity index (χ0v) is 12.1. The number of nitrogens with zero attached hydrogens (tertiary/aromatic N) is 1. The lowest BCUT2D eigenvalue weighted by Crippen LogP contribution is -2.35. The van der Waals surface area contributed by atoms with Crippen molar-refractivity contribution >= 4 is 0 Å². The van der Waals surface area contributed by atoms with Crippen molar-refractivity contribution in [1.82, 2.24) is 10.3 Å². The molecule has 2 rings (SSSR count). The van der Waals surface area contributed by atoms with Gasteiger partial charge in [-0.15, -0.1) is 0 Å². The number of pyridine rings is 1. The Bertz CT molecular complexity index is 378. The molecule has 2 unspecified atom stereocenters. The predicted molar refractivity (Wildman–Crippen MR) is 75.3 cm³/mol. The van der Waals surface area contributed by atoms with E-state index in [1.807, 2.05) is 12.3 Å². The minimum absolute atomic E-state index is 0.151. The zero-order valence-electron chi connectivity index (χ0n) is 12.1. The quantitative estimate of drug-likeness (QED) is 0.887. The van der Waals surface area contributed by atoms with Gasteiger partial charge in [0.1, 0.15) is 0 Å². The molecule has 1 aliphatic heterocycles. The van der Waals surface area contributed by atoms with Crippen LogP contribution in [-0.2, 0) is 4.74 Å². The van der Waals surface area contributed by atoms with Crippen LogP contribution in [0.4, 0.5) is 0 Å². The molecular formula is C15H24N2O2. The smallest absolute Gasteiger partial charge is 0.212 e. The van der Waals surface area contributed by atoms with Gasteiger partial charge in [0.25, 0.3) is 0 Å². The second kappa shape index (κ2) is 6.87. The Balaban J connectivity index is 2.04. The first-order valence-electron chi connectivity index (χ1n) is 7.05. The Morgan fingerprint density at radius 1 is 1.47 bits per heavy atom. The molecule has 1 N–H and O–H groups in total. The summed E-state index contributed by atoms with van der Waals surface area (Å²) in [7, 11) is 1.63. The van der Waals surface area contributed by atoms with Crippen LogP contribution in [0.15, 0.2) is 18.3 Å². The molecule has 0 spiro atoms. The molecular weight excluding hydrogens is 240 g/mol. The third-order valence-corrected chi connectivity index (χ3v) is 3.53. The summed E-state index contributed by atoms with van der Waals surface area (Å²) in [6.07, 6.45) is 4.37. The van der Waals surface area contributed by atoms with Gasteiger partial charge in [-0.25, -0.2) is 4.98 Å². The first-order valence-corrected chi connectivity index (χ1v) is 7.05. The van der Waals surface area contributed by atoms with Gasteiger partial charge in [-0.2, -0.15) is 0 Å². The molecule has 1 aliphatic rings. The monoisotopic (exact) mass is 264 g/mol. The molecule has 1 fully saturated rings. The second-order valence-corrected chi connectivity index (χ2v) is 5.39. The van der Waals surface area contributed by atoms with E-state index in [-0.39, 0.29) is 6.10 Å². The molecule has 0 saturated carbocycles. The summed E-state index contributed by atoms with van der Waals surface area (Å²) >= 11 is 0. The molecule has 1 saturated heterocycles. The molecule has 0 radical (unpaired) electrons. The van der Waals surface area contributed by atoms with Crippen LogP contribution in [-0.4, -0.2) is 31.3 Å². The van der Waals surface area contributed by atoms with Crippen molar-refractivity contribution in [3.63, 3.8) is 0 Å². The normalized spacial score (nSPS) is 23.6. The van der Waals surface area contributed by atoms with E-state index in [0.29, 0.717) is 17.8 Å². The summed E-state index contributed by atoms with van der Waals surface area (Å²) in [5.74, 6) is 1.17. The van der Waals surface area contributed by atoms with E-state index in [2.05, 4.69) is 30.2 Å². The van der Waals surface area contributed by atoms with Crippen molar-refractivity contribution < 1.29 is 9.47 Å². The first kappa shape index (κ1) is 14.3. The summed E-state index contributed by atoms with van der Waals surface area (Å²) in [6, 6.07) is 4.47. The van der Waals surface area contributed by atoms with Crippen molar-refractivity contribution in [2.75, 3.05) is 20.3 Å².